The SMILES string of the molecule is Cc1cc(C)cc(Nc2nn(-c3nc4ccccc4[nH]3)c3c2C(=O)CC(C)(C)C3)c1. The van der Waals surface area contributed by atoms with Gasteiger partial charge in [-0.05, 0) is 61.1 Å². The molecule has 30 heavy (non-hydrogen) atoms. The third-order valence-electron chi connectivity index (χ3n) is 5.61. The summed E-state index contributed by atoms with van der Waals surface area (Å²) in [5.74, 6) is 1.35. The molecule has 0 fully saturated rings. The second-order valence-corrected chi connectivity index (χ2v) is 9.10. The summed E-state index contributed by atoms with van der Waals surface area (Å²) in [5, 5.41) is 8.22. The monoisotopic (exact) mass is 399 g/mol. The Morgan fingerprint density at radius 1 is 1.07 bits per heavy atom. The number of ketones is 1. The lowest BCUT2D eigenvalue weighted by Crippen LogP contribution is -2.28. The Hall–Kier alpha value is -3.41. The fourth-order valence-electron chi connectivity index (χ4n) is 4.43. The Morgan fingerprint density at radius 2 is 1.80 bits per heavy atom. The van der Waals surface area contributed by atoms with Gasteiger partial charge in [-0.25, -0.2) is 9.67 Å². The summed E-state index contributed by atoms with van der Waals surface area (Å²) in [4.78, 5) is 21.2. The van der Waals surface area contributed by atoms with Crippen molar-refractivity contribution >= 4 is 28.3 Å². The van der Waals surface area contributed by atoms with Gasteiger partial charge in [-0.2, -0.15) is 0 Å². The van der Waals surface area contributed by atoms with E-state index in [2.05, 4.69) is 56.2 Å². The first-order valence-electron chi connectivity index (χ1n) is 10.2. The van der Waals surface area contributed by atoms with E-state index < -0.39 is 0 Å². The summed E-state index contributed by atoms with van der Waals surface area (Å²) in [6.45, 7) is 8.38. The summed E-state index contributed by atoms with van der Waals surface area (Å²) in [5.41, 5.74) is 6.54. The van der Waals surface area contributed by atoms with E-state index in [0.29, 0.717) is 23.8 Å². The average molecular weight is 399 g/mol. The van der Waals surface area contributed by atoms with Crippen molar-refractivity contribution in [1.82, 2.24) is 19.7 Å². The van der Waals surface area contributed by atoms with Gasteiger partial charge in [-0.3, -0.25) is 4.79 Å². The first kappa shape index (κ1) is 18.6. The molecule has 0 unspecified atom stereocenters. The second-order valence-electron chi connectivity index (χ2n) is 9.10. The maximum Gasteiger partial charge on any atom is 0.229 e. The van der Waals surface area contributed by atoms with Crippen molar-refractivity contribution in [2.45, 2.75) is 40.5 Å². The van der Waals surface area contributed by atoms with Gasteiger partial charge in [0.2, 0.25) is 5.95 Å². The molecule has 6 heteroatoms. The number of fused-ring (bicyclic) bond motifs is 2. The summed E-state index contributed by atoms with van der Waals surface area (Å²) in [6, 6.07) is 14.2. The van der Waals surface area contributed by atoms with E-state index in [4.69, 9.17) is 10.1 Å². The first-order chi connectivity index (χ1) is 14.3. The smallest absolute Gasteiger partial charge is 0.229 e. The number of aromatic amines is 1. The molecule has 0 bridgehead atoms. The van der Waals surface area contributed by atoms with Crippen LogP contribution in [0.3, 0.4) is 0 Å². The van der Waals surface area contributed by atoms with Crippen molar-refractivity contribution in [3.05, 3.63) is 64.8 Å². The maximum atomic E-state index is 13.1. The van der Waals surface area contributed by atoms with E-state index in [1.54, 1.807) is 4.68 Å². The molecule has 0 spiro atoms. The van der Waals surface area contributed by atoms with Gasteiger partial charge in [0.05, 0.1) is 22.3 Å². The zero-order valence-electron chi connectivity index (χ0n) is 17.7. The fraction of sp³-hybridized carbons (Fsp3) is 0.292. The minimum absolute atomic E-state index is 0.120. The van der Waals surface area contributed by atoms with Gasteiger partial charge >= 0.3 is 0 Å². The highest BCUT2D eigenvalue weighted by atomic mass is 16.1. The standard InChI is InChI=1S/C24H25N5O/c1-14-9-15(2)11-16(10-14)25-22-21-19(12-24(3,4)13-20(21)30)29(28-22)23-26-17-7-5-6-8-18(17)27-23/h5-11H,12-13H2,1-4H3,(H,25,28)(H,26,27). The number of Topliss-reactive ketones (excluding diaryl/α,β-unsaturated/α-hetero) is 1. The summed E-state index contributed by atoms with van der Waals surface area (Å²) >= 11 is 0. The number of aryl methyl sites for hydroxylation is 2. The van der Waals surface area contributed by atoms with Crippen LogP contribution in [0.2, 0.25) is 0 Å². The molecule has 2 aromatic heterocycles. The predicted octanol–water partition coefficient (Wildman–Crippen LogP) is 5.26. The first-order valence-corrected chi connectivity index (χ1v) is 10.2. The van der Waals surface area contributed by atoms with Crippen molar-refractivity contribution < 1.29 is 4.79 Å². The number of anilines is 2. The molecule has 4 aromatic rings. The highest BCUT2D eigenvalue weighted by Gasteiger charge is 2.37. The van der Waals surface area contributed by atoms with E-state index in [-0.39, 0.29) is 11.2 Å². The van der Waals surface area contributed by atoms with Crippen LogP contribution in [0.4, 0.5) is 11.5 Å². The van der Waals surface area contributed by atoms with Crippen LogP contribution in [0.25, 0.3) is 17.0 Å². The molecule has 0 saturated carbocycles. The Bertz CT molecular complexity index is 1240. The topological polar surface area (TPSA) is 75.6 Å². The highest BCUT2D eigenvalue weighted by molar-refractivity contribution is 6.03. The highest BCUT2D eigenvalue weighted by Crippen LogP contribution is 2.39. The molecule has 1 aliphatic carbocycles. The number of hydrogen-bond acceptors (Lipinski definition) is 4. The van der Waals surface area contributed by atoms with Crippen LogP contribution in [0.5, 0.6) is 0 Å². The minimum atomic E-state index is -0.120. The zero-order chi connectivity index (χ0) is 21.0. The number of rotatable bonds is 3. The van der Waals surface area contributed by atoms with Crippen molar-refractivity contribution in [3.63, 3.8) is 0 Å². The molecule has 2 N–H and O–H groups in total. The molecular weight excluding hydrogens is 374 g/mol. The van der Waals surface area contributed by atoms with Gasteiger partial charge < -0.3 is 10.3 Å². The molecule has 0 saturated heterocycles. The van der Waals surface area contributed by atoms with E-state index in [9.17, 15) is 4.79 Å². The number of imidazole rings is 1. The number of nitrogens with one attached hydrogen (secondary N) is 2. The quantitative estimate of drug-likeness (QED) is 0.492. The third-order valence-corrected chi connectivity index (χ3v) is 5.61. The Morgan fingerprint density at radius 3 is 2.53 bits per heavy atom. The minimum Gasteiger partial charge on any atom is -0.338 e. The average Bonchev–Trinajstić information content (AvgIpc) is 3.21. The molecule has 2 aromatic carbocycles. The number of hydrogen-bond donors (Lipinski definition) is 2. The van der Waals surface area contributed by atoms with Crippen molar-refractivity contribution in [2.75, 3.05) is 5.32 Å². The predicted molar refractivity (Wildman–Crippen MR) is 119 cm³/mol. The molecule has 2 heterocycles. The van der Waals surface area contributed by atoms with E-state index in [1.165, 1.54) is 0 Å². The Kier molecular flexibility index (Phi) is 4.07. The Labute approximate surface area is 175 Å². The van der Waals surface area contributed by atoms with E-state index >= 15 is 0 Å². The fourth-order valence-corrected chi connectivity index (χ4v) is 4.43. The lowest BCUT2D eigenvalue weighted by atomic mass is 9.76. The number of carbonyl (C=O) groups excluding carboxylic acids is 1. The van der Waals surface area contributed by atoms with Crippen LogP contribution < -0.4 is 5.32 Å². The molecule has 6 nitrogen and oxygen atoms in total. The van der Waals surface area contributed by atoms with Crippen molar-refractivity contribution in [1.29, 1.82) is 0 Å². The van der Waals surface area contributed by atoms with Crippen molar-refractivity contribution in [3.8, 4) is 5.95 Å². The van der Waals surface area contributed by atoms with Crippen LogP contribution in [0.1, 0.15) is 47.4 Å². The number of para-hydroxylation sites is 2. The van der Waals surface area contributed by atoms with Gasteiger partial charge in [0.1, 0.15) is 0 Å². The van der Waals surface area contributed by atoms with Gasteiger partial charge in [-0.1, -0.05) is 32.0 Å². The number of aromatic nitrogens is 4. The van der Waals surface area contributed by atoms with Crippen LogP contribution >= 0.6 is 0 Å². The van der Waals surface area contributed by atoms with E-state index in [1.807, 2.05) is 24.3 Å². The molecule has 0 amide bonds. The van der Waals surface area contributed by atoms with Crippen LogP contribution in [-0.2, 0) is 6.42 Å². The lowest BCUT2D eigenvalue weighted by Gasteiger charge is -2.28. The van der Waals surface area contributed by atoms with Crippen LogP contribution in [0, 0.1) is 19.3 Å². The number of benzene rings is 2. The number of carbonyl (C=O) groups is 1. The Balaban J connectivity index is 1.67. The second kappa shape index (κ2) is 6.55. The zero-order valence-corrected chi connectivity index (χ0v) is 17.7. The van der Waals surface area contributed by atoms with Crippen LogP contribution in [0.15, 0.2) is 42.5 Å². The van der Waals surface area contributed by atoms with Gasteiger partial charge in [0, 0.05) is 12.1 Å². The molecule has 5 rings (SSSR count). The maximum absolute atomic E-state index is 13.1. The van der Waals surface area contributed by atoms with Gasteiger partial charge in [-0.15, -0.1) is 5.10 Å². The van der Waals surface area contributed by atoms with Gasteiger partial charge in [0.25, 0.3) is 0 Å². The van der Waals surface area contributed by atoms with Crippen LogP contribution in [-0.4, -0.2) is 25.5 Å². The third kappa shape index (κ3) is 3.18. The van der Waals surface area contributed by atoms with E-state index in [0.717, 1.165) is 40.0 Å². The molecule has 0 radical (unpaired) electrons. The number of H-pyrrole nitrogens is 1. The molecule has 0 atom stereocenters. The molecule has 152 valence electrons. The van der Waals surface area contributed by atoms with Gasteiger partial charge in [0.15, 0.2) is 11.6 Å². The largest absolute Gasteiger partial charge is 0.338 e. The summed E-state index contributed by atoms with van der Waals surface area (Å²) in [6.07, 6.45) is 1.26. The molecule has 1 aliphatic rings. The normalized spacial score (nSPS) is 15.4. The summed E-state index contributed by atoms with van der Waals surface area (Å²) in [7, 11) is 0. The lowest BCUT2D eigenvalue weighted by molar-refractivity contribution is 0.0911. The molecular formula is C24H25N5O. The van der Waals surface area contributed by atoms with Crippen molar-refractivity contribution in [2.24, 2.45) is 5.41 Å². The number of nitrogens with zero attached hydrogens (tertiary/aromatic N) is 3. The summed E-state index contributed by atoms with van der Waals surface area (Å²) < 4.78 is 1.80. The molecule has 0 aliphatic heterocycles.